The second-order valence-corrected chi connectivity index (χ2v) is 4.22. The summed E-state index contributed by atoms with van der Waals surface area (Å²) >= 11 is 0. The molecule has 94 valence electrons. The molecule has 1 aromatic rings. The van der Waals surface area contributed by atoms with E-state index in [2.05, 4.69) is 0 Å². The molecule has 0 saturated carbocycles. The second kappa shape index (κ2) is 6.10. The van der Waals surface area contributed by atoms with E-state index >= 15 is 0 Å². The highest BCUT2D eigenvalue weighted by Gasteiger charge is 2.15. The largest absolute Gasteiger partial charge is 0.381 e. The Morgan fingerprint density at radius 3 is 2.71 bits per heavy atom. The van der Waals surface area contributed by atoms with Crippen LogP contribution in [0.5, 0.6) is 0 Å². The van der Waals surface area contributed by atoms with Crippen molar-refractivity contribution in [2.75, 3.05) is 13.2 Å². The van der Waals surface area contributed by atoms with Crippen molar-refractivity contribution in [3.8, 4) is 0 Å². The minimum atomic E-state index is -0.234. The van der Waals surface area contributed by atoms with Crippen LogP contribution >= 0.6 is 0 Å². The Hall–Kier alpha value is -0.970. The molecule has 0 aliphatic carbocycles. The van der Waals surface area contributed by atoms with E-state index in [4.69, 9.17) is 15.2 Å². The summed E-state index contributed by atoms with van der Waals surface area (Å²) in [6.07, 6.45) is 1.96. The lowest BCUT2D eigenvalue weighted by atomic mass is 10.1. The van der Waals surface area contributed by atoms with Gasteiger partial charge < -0.3 is 15.2 Å². The van der Waals surface area contributed by atoms with Gasteiger partial charge in [0.25, 0.3) is 0 Å². The van der Waals surface area contributed by atoms with Crippen LogP contribution in [0.2, 0.25) is 0 Å². The van der Waals surface area contributed by atoms with E-state index in [1.165, 1.54) is 0 Å². The van der Waals surface area contributed by atoms with Crippen LogP contribution in [0.3, 0.4) is 0 Å². The molecular weight excluding hydrogens is 221 g/mol. The third-order valence-electron chi connectivity index (χ3n) is 3.02. The molecule has 0 aromatic heterocycles. The lowest BCUT2D eigenvalue weighted by molar-refractivity contribution is -0.0397. The zero-order chi connectivity index (χ0) is 12.1. The average molecular weight is 239 g/mol. The monoisotopic (exact) mass is 239 g/mol. The first-order valence-electron chi connectivity index (χ1n) is 5.97. The van der Waals surface area contributed by atoms with Gasteiger partial charge in [-0.2, -0.15) is 0 Å². The van der Waals surface area contributed by atoms with Crippen molar-refractivity contribution in [1.82, 2.24) is 0 Å². The summed E-state index contributed by atoms with van der Waals surface area (Å²) in [5, 5.41) is 0. The Morgan fingerprint density at radius 2 is 2.00 bits per heavy atom. The van der Waals surface area contributed by atoms with Crippen molar-refractivity contribution in [2.45, 2.75) is 32.1 Å². The maximum atomic E-state index is 13.8. The van der Waals surface area contributed by atoms with Gasteiger partial charge in [0.05, 0.1) is 12.7 Å². The number of benzene rings is 1. The predicted molar refractivity (Wildman–Crippen MR) is 62.9 cm³/mol. The van der Waals surface area contributed by atoms with Crippen molar-refractivity contribution >= 4 is 0 Å². The summed E-state index contributed by atoms with van der Waals surface area (Å²) in [7, 11) is 0. The number of hydrogen-bond acceptors (Lipinski definition) is 3. The van der Waals surface area contributed by atoms with Gasteiger partial charge >= 0.3 is 0 Å². The Bertz CT molecular complexity index is 364. The SMILES string of the molecule is NCc1cccc(COC2CCOCC2)c1F. The zero-order valence-corrected chi connectivity index (χ0v) is 9.82. The van der Waals surface area contributed by atoms with Gasteiger partial charge in [0.2, 0.25) is 0 Å². The molecule has 1 aliphatic rings. The molecule has 3 nitrogen and oxygen atoms in total. The van der Waals surface area contributed by atoms with Crippen molar-refractivity contribution in [3.63, 3.8) is 0 Å². The molecule has 2 N–H and O–H groups in total. The average Bonchev–Trinajstić information content (AvgIpc) is 2.39. The van der Waals surface area contributed by atoms with Gasteiger partial charge in [-0.25, -0.2) is 4.39 Å². The molecular formula is C13H18FNO2. The zero-order valence-electron chi connectivity index (χ0n) is 9.82. The Kier molecular flexibility index (Phi) is 4.48. The van der Waals surface area contributed by atoms with Gasteiger partial charge in [-0.3, -0.25) is 0 Å². The fourth-order valence-electron chi connectivity index (χ4n) is 1.95. The van der Waals surface area contributed by atoms with Crippen molar-refractivity contribution in [2.24, 2.45) is 5.73 Å². The van der Waals surface area contributed by atoms with E-state index in [0.29, 0.717) is 17.7 Å². The van der Waals surface area contributed by atoms with Gasteiger partial charge in [-0.15, -0.1) is 0 Å². The van der Waals surface area contributed by atoms with E-state index < -0.39 is 0 Å². The molecule has 1 heterocycles. The molecule has 17 heavy (non-hydrogen) atoms. The normalized spacial score (nSPS) is 17.3. The second-order valence-electron chi connectivity index (χ2n) is 4.22. The van der Waals surface area contributed by atoms with Crippen LogP contribution in [0.4, 0.5) is 4.39 Å². The molecule has 4 heteroatoms. The van der Waals surface area contributed by atoms with Crippen LogP contribution in [0, 0.1) is 5.82 Å². The molecule has 0 spiro atoms. The van der Waals surface area contributed by atoms with E-state index in [1.807, 2.05) is 6.07 Å². The summed E-state index contributed by atoms with van der Waals surface area (Å²) < 4.78 is 24.8. The number of nitrogens with two attached hydrogens (primary N) is 1. The molecule has 1 aromatic carbocycles. The Balaban J connectivity index is 1.93. The highest BCUT2D eigenvalue weighted by Crippen LogP contribution is 2.17. The summed E-state index contributed by atoms with van der Waals surface area (Å²) in [5.41, 5.74) is 6.58. The quantitative estimate of drug-likeness (QED) is 0.873. The molecule has 0 amide bonds. The first kappa shape index (κ1) is 12.5. The number of halogens is 1. The standard InChI is InChI=1S/C13H18FNO2/c14-13-10(8-15)2-1-3-11(13)9-17-12-4-6-16-7-5-12/h1-3,12H,4-9,15H2. The Morgan fingerprint density at radius 1 is 1.29 bits per heavy atom. The van der Waals surface area contributed by atoms with Gasteiger partial charge in [-0.1, -0.05) is 18.2 Å². The first-order valence-corrected chi connectivity index (χ1v) is 5.97. The summed E-state index contributed by atoms with van der Waals surface area (Å²) in [5.74, 6) is -0.234. The maximum Gasteiger partial charge on any atom is 0.133 e. The van der Waals surface area contributed by atoms with Crippen LogP contribution in [-0.2, 0) is 22.6 Å². The highest BCUT2D eigenvalue weighted by atomic mass is 19.1. The lowest BCUT2D eigenvalue weighted by Crippen LogP contribution is -2.23. The summed E-state index contributed by atoms with van der Waals surface area (Å²) in [6, 6.07) is 5.26. The molecule has 1 fully saturated rings. The molecule has 2 rings (SSSR count). The minimum absolute atomic E-state index is 0.185. The molecule has 0 radical (unpaired) electrons. The van der Waals surface area contributed by atoms with E-state index in [1.54, 1.807) is 12.1 Å². The Labute approximate surface area is 101 Å². The summed E-state index contributed by atoms with van der Waals surface area (Å²) in [6.45, 7) is 1.99. The van der Waals surface area contributed by atoms with Crippen LogP contribution < -0.4 is 5.73 Å². The van der Waals surface area contributed by atoms with E-state index in [0.717, 1.165) is 26.1 Å². The topological polar surface area (TPSA) is 44.5 Å². The third kappa shape index (κ3) is 3.25. The van der Waals surface area contributed by atoms with Crippen LogP contribution in [0.1, 0.15) is 24.0 Å². The molecule has 1 saturated heterocycles. The van der Waals surface area contributed by atoms with Gasteiger partial charge in [-0.05, 0) is 12.8 Å². The van der Waals surface area contributed by atoms with E-state index in [9.17, 15) is 4.39 Å². The molecule has 0 unspecified atom stereocenters. The fourth-order valence-corrected chi connectivity index (χ4v) is 1.95. The number of rotatable bonds is 4. The van der Waals surface area contributed by atoms with Gasteiger partial charge in [0.15, 0.2) is 0 Å². The molecule has 0 bridgehead atoms. The third-order valence-corrected chi connectivity index (χ3v) is 3.02. The van der Waals surface area contributed by atoms with Crippen molar-refractivity contribution in [3.05, 3.63) is 35.1 Å². The van der Waals surface area contributed by atoms with Gasteiger partial charge in [0, 0.05) is 30.9 Å². The highest BCUT2D eigenvalue weighted by molar-refractivity contribution is 5.25. The fraction of sp³-hybridized carbons (Fsp3) is 0.538. The van der Waals surface area contributed by atoms with E-state index in [-0.39, 0.29) is 18.5 Å². The predicted octanol–water partition coefficient (Wildman–Crippen LogP) is 1.98. The smallest absolute Gasteiger partial charge is 0.133 e. The number of hydrogen-bond donors (Lipinski definition) is 1. The van der Waals surface area contributed by atoms with Crippen molar-refractivity contribution in [1.29, 1.82) is 0 Å². The lowest BCUT2D eigenvalue weighted by Gasteiger charge is -2.22. The van der Waals surface area contributed by atoms with Gasteiger partial charge in [0.1, 0.15) is 5.82 Å². The maximum absolute atomic E-state index is 13.8. The first-order chi connectivity index (χ1) is 8.31. The number of ether oxygens (including phenoxy) is 2. The van der Waals surface area contributed by atoms with Crippen LogP contribution in [0.25, 0.3) is 0 Å². The van der Waals surface area contributed by atoms with Crippen molar-refractivity contribution < 1.29 is 13.9 Å². The summed E-state index contributed by atoms with van der Waals surface area (Å²) in [4.78, 5) is 0. The molecule has 1 aliphatic heterocycles. The minimum Gasteiger partial charge on any atom is -0.381 e. The van der Waals surface area contributed by atoms with Crippen LogP contribution in [0.15, 0.2) is 18.2 Å². The molecule has 0 atom stereocenters. The van der Waals surface area contributed by atoms with Crippen LogP contribution in [-0.4, -0.2) is 19.3 Å².